The molecule has 0 bridgehead atoms. The van der Waals surface area contributed by atoms with Crippen molar-refractivity contribution in [2.75, 3.05) is 0 Å². The molecule has 0 fully saturated rings. The van der Waals surface area contributed by atoms with E-state index in [-0.39, 0.29) is 11.5 Å². The van der Waals surface area contributed by atoms with E-state index in [0.29, 0.717) is 18.1 Å². The van der Waals surface area contributed by atoms with Crippen molar-refractivity contribution in [1.29, 1.82) is 0 Å². The smallest absolute Gasteiger partial charge is 0.231 e. The van der Waals surface area contributed by atoms with Crippen LogP contribution in [-0.4, -0.2) is 10.1 Å². The summed E-state index contributed by atoms with van der Waals surface area (Å²) >= 11 is 0. The lowest BCUT2D eigenvalue weighted by molar-refractivity contribution is 0.301. The van der Waals surface area contributed by atoms with Crippen LogP contribution in [0.5, 0.6) is 0 Å². The quantitative estimate of drug-likeness (QED) is 0.920. The van der Waals surface area contributed by atoms with Gasteiger partial charge in [-0.1, -0.05) is 55.8 Å². The Kier molecular flexibility index (Phi) is 3.71. The normalized spacial score (nSPS) is 13.5. The van der Waals surface area contributed by atoms with Gasteiger partial charge in [0.05, 0.1) is 12.5 Å². The number of aromatic nitrogens is 2. The van der Waals surface area contributed by atoms with Gasteiger partial charge in [0.2, 0.25) is 5.89 Å². The molecule has 0 aliphatic carbocycles. The lowest BCUT2D eigenvalue weighted by atomic mass is 9.87. The molecule has 1 atom stereocenters. The van der Waals surface area contributed by atoms with Crippen molar-refractivity contribution in [2.45, 2.75) is 40.2 Å². The van der Waals surface area contributed by atoms with Gasteiger partial charge in [0.15, 0.2) is 5.82 Å². The molecule has 0 aliphatic rings. The SMILES string of the molecule is Cc1cccc(Cc2nc(C(N)C(C)(C)C)no2)c1. The summed E-state index contributed by atoms with van der Waals surface area (Å²) in [5.41, 5.74) is 8.43. The van der Waals surface area contributed by atoms with Crippen molar-refractivity contribution in [1.82, 2.24) is 10.1 Å². The standard InChI is InChI=1S/C15H21N3O/c1-10-6-5-7-11(8-10)9-12-17-14(18-19-12)13(16)15(2,3)4/h5-8,13H,9,16H2,1-4H3. The van der Waals surface area contributed by atoms with Gasteiger partial charge in [-0.25, -0.2) is 0 Å². The van der Waals surface area contributed by atoms with E-state index in [4.69, 9.17) is 10.3 Å². The predicted molar refractivity (Wildman–Crippen MR) is 74.7 cm³/mol. The van der Waals surface area contributed by atoms with Crippen molar-refractivity contribution in [2.24, 2.45) is 11.1 Å². The third-order valence-electron chi connectivity index (χ3n) is 3.13. The van der Waals surface area contributed by atoms with Gasteiger partial charge in [-0.05, 0) is 17.9 Å². The molecule has 0 saturated carbocycles. The van der Waals surface area contributed by atoms with E-state index in [1.54, 1.807) is 0 Å². The van der Waals surface area contributed by atoms with Gasteiger partial charge in [0.25, 0.3) is 0 Å². The van der Waals surface area contributed by atoms with Crippen LogP contribution < -0.4 is 5.73 Å². The molecular weight excluding hydrogens is 238 g/mol. The number of aryl methyl sites for hydroxylation is 1. The Bertz CT molecular complexity index is 555. The summed E-state index contributed by atoms with van der Waals surface area (Å²) in [6, 6.07) is 8.05. The van der Waals surface area contributed by atoms with Crippen molar-refractivity contribution >= 4 is 0 Å². The minimum atomic E-state index is -0.220. The summed E-state index contributed by atoms with van der Waals surface area (Å²) in [6.07, 6.45) is 0.644. The zero-order valence-corrected chi connectivity index (χ0v) is 12.0. The number of nitrogens with two attached hydrogens (primary N) is 1. The summed E-state index contributed by atoms with van der Waals surface area (Å²) in [4.78, 5) is 4.40. The lowest BCUT2D eigenvalue weighted by Gasteiger charge is -2.23. The molecule has 0 saturated heterocycles. The second-order valence-electron chi connectivity index (χ2n) is 6.06. The van der Waals surface area contributed by atoms with E-state index >= 15 is 0 Å². The largest absolute Gasteiger partial charge is 0.339 e. The number of nitrogens with zero attached hydrogens (tertiary/aromatic N) is 2. The highest BCUT2D eigenvalue weighted by molar-refractivity contribution is 5.24. The molecule has 0 aliphatic heterocycles. The molecule has 4 heteroatoms. The maximum Gasteiger partial charge on any atom is 0.231 e. The first-order chi connectivity index (χ1) is 8.86. The summed E-state index contributed by atoms with van der Waals surface area (Å²) in [5, 5.41) is 3.99. The maximum atomic E-state index is 6.12. The molecular formula is C15H21N3O. The zero-order valence-electron chi connectivity index (χ0n) is 12.0. The third kappa shape index (κ3) is 3.41. The highest BCUT2D eigenvalue weighted by atomic mass is 16.5. The van der Waals surface area contributed by atoms with E-state index in [9.17, 15) is 0 Å². The Hall–Kier alpha value is -1.68. The summed E-state index contributed by atoms with van der Waals surface area (Å²) < 4.78 is 5.28. The summed E-state index contributed by atoms with van der Waals surface area (Å²) in [7, 11) is 0. The molecule has 0 radical (unpaired) electrons. The van der Waals surface area contributed by atoms with Gasteiger partial charge in [-0.3, -0.25) is 0 Å². The van der Waals surface area contributed by atoms with E-state index in [0.717, 1.165) is 0 Å². The first-order valence-electron chi connectivity index (χ1n) is 6.50. The van der Waals surface area contributed by atoms with Crippen LogP contribution in [0.4, 0.5) is 0 Å². The monoisotopic (exact) mass is 259 g/mol. The molecule has 4 nitrogen and oxygen atoms in total. The Balaban J connectivity index is 2.14. The Labute approximate surface area is 114 Å². The highest BCUT2D eigenvalue weighted by Crippen LogP contribution is 2.28. The van der Waals surface area contributed by atoms with Crippen LogP contribution in [-0.2, 0) is 6.42 Å². The Morgan fingerprint density at radius 2 is 2.05 bits per heavy atom. The fourth-order valence-electron chi connectivity index (χ4n) is 1.85. The second-order valence-corrected chi connectivity index (χ2v) is 6.06. The number of hydrogen-bond acceptors (Lipinski definition) is 4. The van der Waals surface area contributed by atoms with Crippen LogP contribution in [0.1, 0.15) is 49.7 Å². The number of benzene rings is 1. The second kappa shape index (κ2) is 5.13. The maximum absolute atomic E-state index is 6.12. The third-order valence-corrected chi connectivity index (χ3v) is 3.13. The van der Waals surface area contributed by atoms with Gasteiger partial charge in [-0.15, -0.1) is 0 Å². The molecule has 0 amide bonds. The van der Waals surface area contributed by atoms with Crippen molar-refractivity contribution in [3.8, 4) is 0 Å². The minimum Gasteiger partial charge on any atom is -0.339 e. The number of hydrogen-bond donors (Lipinski definition) is 1. The average molecular weight is 259 g/mol. The fraction of sp³-hybridized carbons (Fsp3) is 0.467. The van der Waals surface area contributed by atoms with Crippen LogP contribution in [0.15, 0.2) is 28.8 Å². The van der Waals surface area contributed by atoms with Crippen LogP contribution >= 0.6 is 0 Å². The topological polar surface area (TPSA) is 64.9 Å². The fourth-order valence-corrected chi connectivity index (χ4v) is 1.85. The zero-order chi connectivity index (χ0) is 14.0. The van der Waals surface area contributed by atoms with E-state index in [1.807, 2.05) is 6.07 Å². The summed E-state index contributed by atoms with van der Waals surface area (Å²) in [5.74, 6) is 1.19. The molecule has 0 spiro atoms. The minimum absolute atomic E-state index is 0.0789. The lowest BCUT2D eigenvalue weighted by Crippen LogP contribution is -2.27. The molecule has 2 aromatic rings. The van der Waals surface area contributed by atoms with Crippen molar-refractivity contribution in [3.63, 3.8) is 0 Å². The van der Waals surface area contributed by atoms with Crippen LogP contribution in [0, 0.1) is 12.3 Å². The highest BCUT2D eigenvalue weighted by Gasteiger charge is 2.26. The van der Waals surface area contributed by atoms with Crippen molar-refractivity contribution in [3.05, 3.63) is 47.1 Å². The van der Waals surface area contributed by atoms with E-state index in [2.05, 4.69) is 56.0 Å². The first-order valence-corrected chi connectivity index (χ1v) is 6.50. The molecule has 1 heterocycles. The van der Waals surface area contributed by atoms with Crippen LogP contribution in [0.25, 0.3) is 0 Å². The van der Waals surface area contributed by atoms with Crippen molar-refractivity contribution < 1.29 is 4.52 Å². The van der Waals surface area contributed by atoms with Gasteiger partial charge < -0.3 is 10.3 Å². The Morgan fingerprint density at radius 1 is 1.32 bits per heavy atom. The van der Waals surface area contributed by atoms with Crippen LogP contribution in [0.2, 0.25) is 0 Å². The molecule has 2 rings (SSSR count). The van der Waals surface area contributed by atoms with Gasteiger partial charge in [0, 0.05) is 0 Å². The molecule has 102 valence electrons. The predicted octanol–water partition coefficient (Wildman–Crippen LogP) is 3.01. The first kappa shape index (κ1) is 13.7. The Morgan fingerprint density at radius 3 is 2.68 bits per heavy atom. The summed E-state index contributed by atoms with van der Waals surface area (Å²) in [6.45, 7) is 8.26. The van der Waals surface area contributed by atoms with E-state index in [1.165, 1.54) is 11.1 Å². The molecule has 19 heavy (non-hydrogen) atoms. The average Bonchev–Trinajstić information content (AvgIpc) is 2.75. The van der Waals surface area contributed by atoms with Gasteiger partial charge in [-0.2, -0.15) is 4.98 Å². The molecule has 2 N–H and O–H groups in total. The number of rotatable bonds is 3. The molecule has 1 unspecified atom stereocenters. The van der Waals surface area contributed by atoms with Gasteiger partial charge >= 0.3 is 0 Å². The van der Waals surface area contributed by atoms with Crippen LogP contribution in [0.3, 0.4) is 0 Å². The molecule has 1 aromatic carbocycles. The van der Waals surface area contributed by atoms with E-state index < -0.39 is 0 Å². The van der Waals surface area contributed by atoms with Gasteiger partial charge in [0.1, 0.15) is 0 Å². The molecule has 1 aromatic heterocycles.